The minimum Gasteiger partial charge on any atom is -0.478 e. The van der Waals surface area contributed by atoms with Crippen molar-refractivity contribution in [2.24, 2.45) is 21.7 Å². The summed E-state index contributed by atoms with van der Waals surface area (Å²) in [5, 5.41) is 9.48. The average Bonchev–Trinajstić information content (AvgIpc) is 3.10. The number of carboxylic acid groups (broad SMARTS) is 1. The summed E-state index contributed by atoms with van der Waals surface area (Å²) in [7, 11) is 0. The molecule has 6 heteroatoms. The predicted molar refractivity (Wildman–Crippen MR) is 153 cm³/mol. The largest absolute Gasteiger partial charge is 0.478 e. The number of likely N-dealkylation sites (tertiary alicyclic amines) is 1. The molecule has 3 aliphatic rings. The Balaban J connectivity index is 1.76. The Labute approximate surface area is 229 Å². The van der Waals surface area contributed by atoms with E-state index < -0.39 is 11.6 Å². The molecule has 1 aromatic carbocycles. The highest BCUT2D eigenvalue weighted by Gasteiger charge is 2.54. The van der Waals surface area contributed by atoms with Crippen LogP contribution in [0, 0.1) is 16.7 Å². The van der Waals surface area contributed by atoms with Gasteiger partial charge in [0.05, 0.1) is 11.6 Å². The number of amidine groups is 1. The van der Waals surface area contributed by atoms with E-state index in [1.807, 2.05) is 12.1 Å². The van der Waals surface area contributed by atoms with Crippen LogP contribution in [0.3, 0.4) is 0 Å². The van der Waals surface area contributed by atoms with Crippen LogP contribution in [0.4, 0.5) is 0 Å². The zero-order valence-corrected chi connectivity index (χ0v) is 24.7. The standard InChI is InChI=1S/C32H49N3O3/c1-22-10-8-9-21-34(22)27-28(36)35(32(33-27)19-15-25(16-20-32)31(5,6)7)26(17-18-30(2,3)4)23-11-13-24(14-12-23)29(37)38/h11-14,22,25-26H,8-10,15-21H2,1-7H3,(H,37,38)/t22-,25?,26+,32?/m0/s1. The van der Waals surface area contributed by atoms with Gasteiger partial charge in [0.2, 0.25) is 0 Å². The van der Waals surface area contributed by atoms with Crippen LogP contribution in [0.15, 0.2) is 29.3 Å². The summed E-state index contributed by atoms with van der Waals surface area (Å²) < 4.78 is 0. The van der Waals surface area contributed by atoms with E-state index in [1.165, 1.54) is 6.42 Å². The molecule has 1 spiro atoms. The number of benzene rings is 1. The number of piperidine rings is 1. The first-order chi connectivity index (χ1) is 17.7. The van der Waals surface area contributed by atoms with Crippen LogP contribution in [0.5, 0.6) is 0 Å². The van der Waals surface area contributed by atoms with Gasteiger partial charge in [0.25, 0.3) is 5.91 Å². The van der Waals surface area contributed by atoms with Crippen LogP contribution in [0.1, 0.15) is 128 Å². The summed E-state index contributed by atoms with van der Waals surface area (Å²) in [6.07, 6.45) is 9.05. The topological polar surface area (TPSA) is 73.2 Å². The van der Waals surface area contributed by atoms with Crippen molar-refractivity contribution in [2.45, 2.75) is 124 Å². The predicted octanol–water partition coefficient (Wildman–Crippen LogP) is 7.30. The third kappa shape index (κ3) is 5.94. The zero-order chi connectivity index (χ0) is 27.9. The Morgan fingerprint density at radius 1 is 1.05 bits per heavy atom. The Kier molecular flexibility index (Phi) is 8.03. The smallest absolute Gasteiger partial charge is 0.335 e. The van der Waals surface area contributed by atoms with Gasteiger partial charge >= 0.3 is 5.97 Å². The number of nitrogens with zero attached hydrogens (tertiary/aromatic N) is 3. The van der Waals surface area contributed by atoms with Crippen molar-refractivity contribution in [1.82, 2.24) is 9.80 Å². The molecule has 2 atom stereocenters. The second kappa shape index (κ2) is 10.7. The number of hydrogen-bond donors (Lipinski definition) is 1. The summed E-state index contributed by atoms with van der Waals surface area (Å²) in [5.41, 5.74) is 1.11. The molecule has 4 rings (SSSR count). The van der Waals surface area contributed by atoms with Crippen molar-refractivity contribution >= 4 is 17.7 Å². The highest BCUT2D eigenvalue weighted by Crippen LogP contribution is 2.50. The molecule has 0 aromatic heterocycles. The molecule has 2 fully saturated rings. The third-order valence-electron chi connectivity index (χ3n) is 9.28. The lowest BCUT2D eigenvalue weighted by molar-refractivity contribution is -0.134. The van der Waals surface area contributed by atoms with E-state index >= 15 is 0 Å². The molecule has 210 valence electrons. The summed E-state index contributed by atoms with van der Waals surface area (Å²) in [5.74, 6) is 0.409. The van der Waals surface area contributed by atoms with Crippen LogP contribution in [0.2, 0.25) is 0 Å². The lowest BCUT2D eigenvalue weighted by atomic mass is 9.69. The maximum Gasteiger partial charge on any atom is 0.335 e. The normalized spacial score (nSPS) is 27.6. The molecule has 2 heterocycles. The van der Waals surface area contributed by atoms with Gasteiger partial charge in [-0.1, -0.05) is 53.7 Å². The molecule has 0 bridgehead atoms. The van der Waals surface area contributed by atoms with Crippen LogP contribution in [-0.2, 0) is 4.79 Å². The van der Waals surface area contributed by atoms with Crippen molar-refractivity contribution in [1.29, 1.82) is 0 Å². The minimum atomic E-state index is -0.929. The van der Waals surface area contributed by atoms with Gasteiger partial charge in [-0.15, -0.1) is 0 Å². The highest BCUT2D eigenvalue weighted by molar-refractivity contribution is 6.39. The molecule has 1 amide bonds. The summed E-state index contributed by atoms with van der Waals surface area (Å²) >= 11 is 0. The van der Waals surface area contributed by atoms with Gasteiger partial charge in [-0.2, -0.15) is 0 Å². The number of carbonyl (C=O) groups is 2. The van der Waals surface area contributed by atoms with Crippen LogP contribution >= 0.6 is 0 Å². The number of aliphatic imine (C=N–C) groups is 1. The number of hydrogen-bond acceptors (Lipinski definition) is 4. The van der Waals surface area contributed by atoms with E-state index in [0.29, 0.717) is 17.8 Å². The van der Waals surface area contributed by atoms with Crippen molar-refractivity contribution in [3.63, 3.8) is 0 Å². The SMILES string of the molecule is C[C@H]1CCCCN1C1=NC2(CCC(C(C)(C)C)CC2)N([C@H](CCC(C)(C)C)c2ccc(C(=O)O)cc2)C1=O. The zero-order valence-electron chi connectivity index (χ0n) is 24.7. The molecular formula is C32H49N3O3. The lowest BCUT2D eigenvalue weighted by Crippen LogP contribution is -2.53. The Hall–Kier alpha value is -2.37. The molecule has 2 aliphatic heterocycles. The first-order valence-electron chi connectivity index (χ1n) is 14.8. The fraction of sp³-hybridized carbons (Fsp3) is 0.719. The third-order valence-corrected chi connectivity index (χ3v) is 9.28. The molecular weight excluding hydrogens is 474 g/mol. The van der Waals surface area contributed by atoms with Crippen molar-refractivity contribution in [3.8, 4) is 0 Å². The number of amides is 1. The monoisotopic (exact) mass is 523 g/mol. The second-order valence-corrected chi connectivity index (χ2v) is 14.3. The van der Waals surface area contributed by atoms with E-state index in [9.17, 15) is 14.7 Å². The summed E-state index contributed by atoms with van der Waals surface area (Å²) in [6, 6.07) is 7.37. The Morgan fingerprint density at radius 3 is 2.21 bits per heavy atom. The number of aromatic carboxylic acids is 1. The molecule has 1 saturated heterocycles. The molecule has 0 unspecified atom stereocenters. The maximum atomic E-state index is 14.5. The molecule has 0 radical (unpaired) electrons. The summed E-state index contributed by atoms with van der Waals surface area (Å²) in [6.45, 7) is 16.8. The van der Waals surface area contributed by atoms with E-state index in [-0.39, 0.29) is 28.3 Å². The van der Waals surface area contributed by atoms with Gasteiger partial charge in [0.15, 0.2) is 5.84 Å². The first-order valence-corrected chi connectivity index (χ1v) is 14.8. The van der Waals surface area contributed by atoms with Crippen molar-refractivity contribution in [3.05, 3.63) is 35.4 Å². The van der Waals surface area contributed by atoms with Crippen molar-refractivity contribution in [2.75, 3.05) is 6.54 Å². The quantitative estimate of drug-likeness (QED) is 0.439. The van der Waals surface area contributed by atoms with Gasteiger partial charge in [0, 0.05) is 12.6 Å². The molecule has 6 nitrogen and oxygen atoms in total. The van der Waals surface area contributed by atoms with E-state index in [2.05, 4.69) is 58.3 Å². The van der Waals surface area contributed by atoms with Gasteiger partial charge in [-0.3, -0.25) is 4.79 Å². The highest BCUT2D eigenvalue weighted by atomic mass is 16.4. The van der Waals surface area contributed by atoms with Gasteiger partial charge in [0.1, 0.15) is 5.66 Å². The molecule has 1 saturated carbocycles. The first kappa shape index (κ1) is 28.6. The van der Waals surface area contributed by atoms with E-state index in [1.54, 1.807) is 12.1 Å². The van der Waals surface area contributed by atoms with Gasteiger partial charge in [-0.05, 0) is 99.2 Å². The lowest BCUT2D eigenvalue weighted by Gasteiger charge is -2.47. The number of rotatable bonds is 5. The van der Waals surface area contributed by atoms with Crippen LogP contribution in [0.25, 0.3) is 0 Å². The Bertz CT molecular complexity index is 1040. The number of carboxylic acids is 1. The van der Waals surface area contributed by atoms with E-state index in [4.69, 9.17) is 4.99 Å². The molecule has 1 aromatic rings. The Morgan fingerprint density at radius 2 is 1.68 bits per heavy atom. The maximum absolute atomic E-state index is 14.5. The molecule has 1 aliphatic carbocycles. The van der Waals surface area contributed by atoms with Crippen LogP contribution < -0.4 is 0 Å². The van der Waals surface area contributed by atoms with Crippen LogP contribution in [-0.4, -0.2) is 50.9 Å². The second-order valence-electron chi connectivity index (χ2n) is 14.3. The fourth-order valence-corrected chi connectivity index (χ4v) is 6.79. The number of carbonyl (C=O) groups excluding carboxylic acids is 1. The molecule has 38 heavy (non-hydrogen) atoms. The van der Waals surface area contributed by atoms with Gasteiger partial charge in [-0.25, -0.2) is 9.79 Å². The van der Waals surface area contributed by atoms with Gasteiger partial charge < -0.3 is 14.9 Å². The van der Waals surface area contributed by atoms with E-state index in [0.717, 1.165) is 63.5 Å². The minimum absolute atomic E-state index is 0.0641. The summed E-state index contributed by atoms with van der Waals surface area (Å²) in [4.78, 5) is 35.8. The average molecular weight is 524 g/mol. The molecule has 1 N–H and O–H groups in total. The van der Waals surface area contributed by atoms with Crippen molar-refractivity contribution < 1.29 is 14.7 Å². The fourth-order valence-electron chi connectivity index (χ4n) is 6.79.